The first kappa shape index (κ1) is 14.0. The molecule has 100 valence electrons. The lowest BCUT2D eigenvalue weighted by atomic mass is 10.3. The standard InChI is InChI=1S/C12H14N4OS2/c1-6-5-9(14-12(13-6)18-4)11(17)15-10-7(2)16-19-8(10)3/h5H,1-4H3,(H,15,17). The summed E-state index contributed by atoms with van der Waals surface area (Å²) < 4.78 is 4.20. The topological polar surface area (TPSA) is 67.8 Å². The monoisotopic (exact) mass is 294 g/mol. The summed E-state index contributed by atoms with van der Waals surface area (Å²) >= 11 is 2.79. The van der Waals surface area contributed by atoms with E-state index in [0.717, 1.165) is 22.0 Å². The molecule has 0 bridgehead atoms. The smallest absolute Gasteiger partial charge is 0.274 e. The number of nitrogens with one attached hydrogen (secondary N) is 1. The van der Waals surface area contributed by atoms with Crippen molar-refractivity contribution in [2.45, 2.75) is 25.9 Å². The molecule has 0 aromatic carbocycles. The first-order valence-electron chi connectivity index (χ1n) is 5.65. The van der Waals surface area contributed by atoms with Gasteiger partial charge in [-0.25, -0.2) is 9.97 Å². The van der Waals surface area contributed by atoms with Crippen molar-refractivity contribution in [1.82, 2.24) is 14.3 Å². The molecule has 0 aliphatic heterocycles. The summed E-state index contributed by atoms with van der Waals surface area (Å²) in [6.07, 6.45) is 1.88. The van der Waals surface area contributed by atoms with Crippen LogP contribution in [0.5, 0.6) is 0 Å². The molecule has 0 aliphatic rings. The van der Waals surface area contributed by atoms with Gasteiger partial charge in [-0.3, -0.25) is 4.79 Å². The van der Waals surface area contributed by atoms with Crippen LogP contribution in [0.15, 0.2) is 11.2 Å². The SMILES string of the molecule is CSc1nc(C)cc(C(=O)Nc2c(C)nsc2C)n1. The minimum Gasteiger partial charge on any atom is -0.318 e. The fraction of sp³-hybridized carbons (Fsp3) is 0.333. The van der Waals surface area contributed by atoms with E-state index in [4.69, 9.17) is 0 Å². The molecular formula is C12H14N4OS2. The summed E-state index contributed by atoms with van der Waals surface area (Å²) in [5.41, 5.74) is 2.76. The maximum absolute atomic E-state index is 12.2. The second kappa shape index (κ2) is 5.66. The van der Waals surface area contributed by atoms with E-state index in [1.54, 1.807) is 6.07 Å². The highest BCUT2D eigenvalue weighted by Gasteiger charge is 2.14. The molecule has 0 saturated heterocycles. The second-order valence-corrected chi connectivity index (χ2v) is 5.79. The Kier molecular flexibility index (Phi) is 4.16. The van der Waals surface area contributed by atoms with E-state index in [1.807, 2.05) is 27.0 Å². The van der Waals surface area contributed by atoms with Crippen molar-refractivity contribution in [2.75, 3.05) is 11.6 Å². The van der Waals surface area contributed by atoms with Gasteiger partial charge in [0.1, 0.15) is 5.69 Å². The molecule has 2 aromatic rings. The summed E-state index contributed by atoms with van der Waals surface area (Å²) in [5, 5.41) is 3.46. The Balaban J connectivity index is 2.28. The largest absolute Gasteiger partial charge is 0.318 e. The Morgan fingerprint density at radius 1 is 1.32 bits per heavy atom. The number of hydrogen-bond donors (Lipinski definition) is 1. The molecule has 0 fully saturated rings. The number of rotatable bonds is 3. The summed E-state index contributed by atoms with van der Waals surface area (Å²) in [6, 6.07) is 1.68. The predicted octanol–water partition coefficient (Wildman–Crippen LogP) is 2.83. The zero-order valence-electron chi connectivity index (χ0n) is 11.1. The van der Waals surface area contributed by atoms with Gasteiger partial charge >= 0.3 is 0 Å². The minimum absolute atomic E-state index is 0.229. The number of anilines is 1. The van der Waals surface area contributed by atoms with Crippen LogP contribution in [0.3, 0.4) is 0 Å². The number of aryl methyl sites for hydroxylation is 3. The summed E-state index contributed by atoms with van der Waals surface area (Å²) in [4.78, 5) is 21.6. The highest BCUT2D eigenvalue weighted by Crippen LogP contribution is 2.23. The molecule has 5 nitrogen and oxygen atoms in total. The zero-order valence-corrected chi connectivity index (χ0v) is 12.8. The molecule has 0 unspecified atom stereocenters. The minimum atomic E-state index is -0.229. The molecule has 0 saturated carbocycles. The Morgan fingerprint density at radius 2 is 2.05 bits per heavy atom. The lowest BCUT2D eigenvalue weighted by Crippen LogP contribution is -2.15. The molecular weight excluding hydrogens is 280 g/mol. The third-order valence-corrected chi connectivity index (χ3v) is 3.91. The van der Waals surface area contributed by atoms with Crippen molar-refractivity contribution in [3.63, 3.8) is 0 Å². The van der Waals surface area contributed by atoms with Crippen molar-refractivity contribution in [3.05, 3.63) is 28.0 Å². The highest BCUT2D eigenvalue weighted by atomic mass is 32.2. The normalized spacial score (nSPS) is 10.5. The van der Waals surface area contributed by atoms with Crippen molar-refractivity contribution in [1.29, 1.82) is 0 Å². The van der Waals surface area contributed by atoms with Gasteiger partial charge in [-0.15, -0.1) is 0 Å². The Bertz CT molecular complexity index is 605. The third kappa shape index (κ3) is 3.10. The molecule has 0 spiro atoms. The number of carbonyl (C=O) groups is 1. The van der Waals surface area contributed by atoms with Crippen LogP contribution in [-0.2, 0) is 0 Å². The van der Waals surface area contributed by atoms with Crippen molar-refractivity contribution in [2.24, 2.45) is 0 Å². The number of hydrogen-bond acceptors (Lipinski definition) is 6. The summed E-state index contributed by atoms with van der Waals surface area (Å²) in [5.74, 6) is -0.229. The lowest BCUT2D eigenvalue weighted by molar-refractivity contribution is 0.102. The average molecular weight is 294 g/mol. The van der Waals surface area contributed by atoms with Crippen LogP contribution < -0.4 is 5.32 Å². The first-order valence-corrected chi connectivity index (χ1v) is 7.65. The molecule has 0 radical (unpaired) electrons. The number of carbonyl (C=O) groups excluding carboxylic acids is 1. The van der Waals surface area contributed by atoms with Crippen molar-refractivity contribution in [3.8, 4) is 0 Å². The average Bonchev–Trinajstić information content (AvgIpc) is 2.69. The van der Waals surface area contributed by atoms with E-state index in [0.29, 0.717) is 10.9 Å². The van der Waals surface area contributed by atoms with Crippen molar-refractivity contribution >= 4 is 34.9 Å². The van der Waals surface area contributed by atoms with E-state index in [2.05, 4.69) is 19.7 Å². The third-order valence-electron chi connectivity index (χ3n) is 2.52. The van der Waals surface area contributed by atoms with Crippen molar-refractivity contribution < 1.29 is 4.79 Å². The summed E-state index contributed by atoms with van der Waals surface area (Å²) in [7, 11) is 0. The van der Waals surface area contributed by atoms with Gasteiger partial charge < -0.3 is 5.32 Å². The van der Waals surface area contributed by atoms with Crippen LogP contribution in [0, 0.1) is 20.8 Å². The van der Waals surface area contributed by atoms with E-state index in [1.165, 1.54) is 23.3 Å². The van der Waals surface area contributed by atoms with E-state index in [9.17, 15) is 4.79 Å². The predicted molar refractivity (Wildman–Crippen MR) is 78.1 cm³/mol. The van der Waals surface area contributed by atoms with Gasteiger partial charge in [-0.2, -0.15) is 4.37 Å². The van der Waals surface area contributed by atoms with Gasteiger partial charge in [0.2, 0.25) is 0 Å². The van der Waals surface area contributed by atoms with Gasteiger partial charge in [-0.05, 0) is 44.6 Å². The van der Waals surface area contributed by atoms with Gasteiger partial charge in [0.05, 0.1) is 11.4 Å². The molecule has 2 heterocycles. The number of aromatic nitrogens is 3. The van der Waals surface area contributed by atoms with Crippen LogP contribution >= 0.6 is 23.3 Å². The molecule has 0 aliphatic carbocycles. The maximum atomic E-state index is 12.2. The maximum Gasteiger partial charge on any atom is 0.274 e. The lowest BCUT2D eigenvalue weighted by Gasteiger charge is -2.06. The van der Waals surface area contributed by atoms with Crippen LogP contribution in [0.4, 0.5) is 5.69 Å². The van der Waals surface area contributed by atoms with Gasteiger partial charge in [0.25, 0.3) is 5.91 Å². The van der Waals surface area contributed by atoms with Crippen LogP contribution in [0.1, 0.15) is 26.8 Å². The highest BCUT2D eigenvalue weighted by molar-refractivity contribution is 7.98. The van der Waals surface area contributed by atoms with E-state index >= 15 is 0 Å². The summed E-state index contributed by atoms with van der Waals surface area (Å²) in [6.45, 7) is 5.65. The molecule has 7 heteroatoms. The van der Waals surface area contributed by atoms with Crippen LogP contribution in [0.2, 0.25) is 0 Å². The van der Waals surface area contributed by atoms with E-state index in [-0.39, 0.29) is 5.91 Å². The Morgan fingerprint density at radius 3 is 2.63 bits per heavy atom. The molecule has 1 N–H and O–H groups in total. The van der Waals surface area contributed by atoms with Crippen LogP contribution in [0.25, 0.3) is 0 Å². The Labute approximate surface area is 120 Å². The zero-order chi connectivity index (χ0) is 14.0. The molecule has 1 amide bonds. The first-order chi connectivity index (χ1) is 9.01. The molecule has 2 aromatic heterocycles. The Hall–Kier alpha value is -1.47. The van der Waals surface area contributed by atoms with E-state index < -0.39 is 0 Å². The fourth-order valence-electron chi connectivity index (χ4n) is 1.59. The fourth-order valence-corrected chi connectivity index (χ4v) is 2.67. The van der Waals surface area contributed by atoms with Crippen LogP contribution in [-0.4, -0.2) is 26.5 Å². The number of nitrogens with zero attached hydrogens (tertiary/aromatic N) is 3. The molecule has 19 heavy (non-hydrogen) atoms. The second-order valence-electron chi connectivity index (χ2n) is 4.03. The number of thioether (sulfide) groups is 1. The molecule has 0 atom stereocenters. The van der Waals surface area contributed by atoms with Gasteiger partial charge in [0, 0.05) is 10.6 Å². The van der Waals surface area contributed by atoms with Gasteiger partial charge in [-0.1, -0.05) is 11.8 Å². The van der Waals surface area contributed by atoms with Gasteiger partial charge in [0.15, 0.2) is 5.16 Å². The quantitative estimate of drug-likeness (QED) is 0.696. The number of amides is 1. The molecule has 2 rings (SSSR count).